The number of nitriles is 1. The number of urea groups is 1. The van der Waals surface area contributed by atoms with Crippen LogP contribution < -0.4 is 10.6 Å². The van der Waals surface area contributed by atoms with E-state index < -0.39 is 24.0 Å². The first kappa shape index (κ1) is 24.2. The standard InChI is InChI=1S/C22H30N4O5/c1-16(2)12-19(25-22(29)26-8-10-30-11-9-26)21(28)24-18(14-23)13-20(27)31-15-17-6-4-3-5-7-17/h3-7,16,18-19H,8-13,15H2,1-2H3,(H,24,28)(H,25,29). The highest BCUT2D eigenvalue weighted by Crippen LogP contribution is 2.08. The van der Waals surface area contributed by atoms with Gasteiger partial charge in [-0.2, -0.15) is 5.26 Å². The second kappa shape index (κ2) is 12.5. The van der Waals surface area contributed by atoms with E-state index in [0.29, 0.717) is 32.7 Å². The molecule has 0 saturated carbocycles. The number of carbonyl (C=O) groups is 3. The number of esters is 1. The Morgan fingerprint density at radius 1 is 1.16 bits per heavy atom. The van der Waals surface area contributed by atoms with Crippen LogP contribution in [0.3, 0.4) is 0 Å². The van der Waals surface area contributed by atoms with Gasteiger partial charge in [0.2, 0.25) is 5.91 Å². The molecular formula is C22H30N4O5. The van der Waals surface area contributed by atoms with E-state index in [9.17, 15) is 19.6 Å². The number of nitrogens with one attached hydrogen (secondary N) is 2. The molecule has 1 aromatic rings. The molecule has 2 unspecified atom stereocenters. The SMILES string of the molecule is CC(C)CC(NC(=O)N1CCOCC1)C(=O)NC(C#N)CC(=O)OCc1ccccc1. The lowest BCUT2D eigenvalue weighted by atomic mass is 10.0. The third-order valence-corrected chi connectivity index (χ3v) is 4.71. The fourth-order valence-electron chi connectivity index (χ4n) is 3.07. The molecule has 2 N–H and O–H groups in total. The minimum atomic E-state index is -1.05. The Kier molecular flexibility index (Phi) is 9.78. The summed E-state index contributed by atoms with van der Waals surface area (Å²) >= 11 is 0. The van der Waals surface area contributed by atoms with Crippen molar-refractivity contribution in [3.05, 3.63) is 35.9 Å². The Labute approximate surface area is 182 Å². The molecule has 0 radical (unpaired) electrons. The molecule has 1 heterocycles. The van der Waals surface area contributed by atoms with Crippen molar-refractivity contribution in [1.82, 2.24) is 15.5 Å². The van der Waals surface area contributed by atoms with Crippen molar-refractivity contribution in [3.8, 4) is 6.07 Å². The van der Waals surface area contributed by atoms with Gasteiger partial charge in [-0.05, 0) is 17.9 Å². The van der Waals surface area contributed by atoms with Gasteiger partial charge in [0.1, 0.15) is 18.7 Å². The highest BCUT2D eigenvalue weighted by atomic mass is 16.5. The zero-order valence-corrected chi connectivity index (χ0v) is 18.0. The summed E-state index contributed by atoms with van der Waals surface area (Å²) in [6, 6.07) is 8.88. The molecule has 9 nitrogen and oxygen atoms in total. The molecule has 0 spiro atoms. The third kappa shape index (κ3) is 8.64. The minimum Gasteiger partial charge on any atom is -0.461 e. The van der Waals surface area contributed by atoms with E-state index in [1.54, 1.807) is 4.90 Å². The number of hydrogen-bond acceptors (Lipinski definition) is 6. The molecule has 31 heavy (non-hydrogen) atoms. The van der Waals surface area contributed by atoms with Crippen LogP contribution in [0.1, 0.15) is 32.3 Å². The van der Waals surface area contributed by atoms with Crippen molar-refractivity contribution in [2.75, 3.05) is 26.3 Å². The molecule has 3 amide bonds. The Morgan fingerprint density at radius 3 is 2.45 bits per heavy atom. The number of nitrogens with zero attached hydrogens (tertiary/aromatic N) is 2. The summed E-state index contributed by atoms with van der Waals surface area (Å²) in [5, 5.41) is 14.7. The van der Waals surface area contributed by atoms with Gasteiger partial charge in [-0.3, -0.25) is 9.59 Å². The van der Waals surface area contributed by atoms with Gasteiger partial charge in [0, 0.05) is 13.1 Å². The number of carbonyl (C=O) groups excluding carboxylic acids is 3. The summed E-state index contributed by atoms with van der Waals surface area (Å²) < 4.78 is 10.4. The predicted molar refractivity (Wildman–Crippen MR) is 113 cm³/mol. The Balaban J connectivity index is 1.88. The van der Waals surface area contributed by atoms with E-state index in [1.165, 1.54) is 0 Å². The van der Waals surface area contributed by atoms with Crippen molar-refractivity contribution in [2.45, 2.75) is 45.4 Å². The fourth-order valence-corrected chi connectivity index (χ4v) is 3.07. The smallest absolute Gasteiger partial charge is 0.318 e. The monoisotopic (exact) mass is 430 g/mol. The fraction of sp³-hybridized carbons (Fsp3) is 0.545. The third-order valence-electron chi connectivity index (χ3n) is 4.71. The highest BCUT2D eigenvalue weighted by molar-refractivity contribution is 5.87. The molecule has 0 aromatic heterocycles. The van der Waals surface area contributed by atoms with Gasteiger partial charge in [-0.25, -0.2) is 4.79 Å². The first-order valence-corrected chi connectivity index (χ1v) is 10.4. The largest absolute Gasteiger partial charge is 0.461 e. The van der Waals surface area contributed by atoms with Gasteiger partial charge in [-0.1, -0.05) is 44.2 Å². The lowest BCUT2D eigenvalue weighted by molar-refractivity contribution is -0.145. The number of hydrogen-bond donors (Lipinski definition) is 2. The van der Waals surface area contributed by atoms with Gasteiger partial charge in [0.25, 0.3) is 0 Å². The maximum absolute atomic E-state index is 12.8. The lowest BCUT2D eigenvalue weighted by Gasteiger charge is -2.29. The maximum atomic E-state index is 12.8. The average molecular weight is 431 g/mol. The van der Waals surface area contributed by atoms with Crippen LogP contribution in [0.25, 0.3) is 0 Å². The topological polar surface area (TPSA) is 121 Å². The predicted octanol–water partition coefficient (Wildman–Crippen LogP) is 1.58. The van der Waals surface area contributed by atoms with Gasteiger partial charge in [0.15, 0.2) is 0 Å². The molecular weight excluding hydrogens is 400 g/mol. The molecule has 0 bridgehead atoms. The second-order valence-electron chi connectivity index (χ2n) is 7.77. The van der Waals surface area contributed by atoms with Crippen LogP contribution in [-0.4, -0.2) is 61.2 Å². The van der Waals surface area contributed by atoms with Gasteiger partial charge in [-0.15, -0.1) is 0 Å². The molecule has 1 saturated heterocycles. The molecule has 2 atom stereocenters. The average Bonchev–Trinajstić information content (AvgIpc) is 2.77. The number of ether oxygens (including phenoxy) is 2. The van der Waals surface area contributed by atoms with E-state index in [-0.39, 0.29) is 25.0 Å². The van der Waals surface area contributed by atoms with Crippen LogP contribution in [0.4, 0.5) is 4.79 Å². The van der Waals surface area contributed by atoms with Crippen LogP contribution in [0.15, 0.2) is 30.3 Å². The van der Waals surface area contributed by atoms with E-state index >= 15 is 0 Å². The number of benzene rings is 1. The van der Waals surface area contributed by atoms with E-state index in [1.807, 2.05) is 50.2 Å². The summed E-state index contributed by atoms with van der Waals surface area (Å²) in [6.07, 6.45) is 0.124. The normalized spacial score (nSPS) is 15.5. The van der Waals surface area contributed by atoms with Gasteiger partial charge >= 0.3 is 12.0 Å². The summed E-state index contributed by atoms with van der Waals surface area (Å²) in [6.45, 7) is 5.78. The quantitative estimate of drug-likeness (QED) is 0.574. The van der Waals surface area contributed by atoms with Gasteiger partial charge in [0.05, 0.1) is 25.7 Å². The van der Waals surface area contributed by atoms with Crippen molar-refractivity contribution >= 4 is 17.9 Å². The molecule has 1 aliphatic rings. The maximum Gasteiger partial charge on any atom is 0.318 e. The lowest BCUT2D eigenvalue weighted by Crippen LogP contribution is -2.55. The van der Waals surface area contributed by atoms with Crippen molar-refractivity contribution in [3.63, 3.8) is 0 Å². The molecule has 9 heteroatoms. The number of amides is 3. The molecule has 1 aliphatic heterocycles. The zero-order valence-electron chi connectivity index (χ0n) is 18.0. The molecule has 2 rings (SSSR count). The minimum absolute atomic E-state index is 0.0946. The number of rotatable bonds is 9. The van der Waals surface area contributed by atoms with Crippen LogP contribution in [0.2, 0.25) is 0 Å². The van der Waals surface area contributed by atoms with Crippen LogP contribution in [0.5, 0.6) is 0 Å². The first-order valence-electron chi connectivity index (χ1n) is 10.4. The summed E-state index contributed by atoms with van der Waals surface area (Å²) in [4.78, 5) is 38.9. The zero-order chi connectivity index (χ0) is 22.6. The molecule has 1 fully saturated rings. The number of morpholine rings is 1. The highest BCUT2D eigenvalue weighted by Gasteiger charge is 2.27. The van der Waals surface area contributed by atoms with E-state index in [0.717, 1.165) is 5.56 Å². The first-order chi connectivity index (χ1) is 14.9. The molecule has 0 aliphatic carbocycles. The van der Waals surface area contributed by atoms with Crippen molar-refractivity contribution in [2.24, 2.45) is 5.92 Å². The van der Waals surface area contributed by atoms with Crippen LogP contribution in [-0.2, 0) is 25.7 Å². The van der Waals surface area contributed by atoms with Crippen molar-refractivity contribution in [1.29, 1.82) is 5.26 Å². The molecule has 1 aromatic carbocycles. The van der Waals surface area contributed by atoms with E-state index in [4.69, 9.17) is 9.47 Å². The van der Waals surface area contributed by atoms with Crippen molar-refractivity contribution < 1.29 is 23.9 Å². The Morgan fingerprint density at radius 2 is 1.84 bits per heavy atom. The Hall–Kier alpha value is -3.12. The summed E-state index contributed by atoms with van der Waals surface area (Å²) in [5.74, 6) is -0.955. The summed E-state index contributed by atoms with van der Waals surface area (Å²) in [5.41, 5.74) is 0.830. The molecule has 168 valence electrons. The van der Waals surface area contributed by atoms with Crippen LogP contribution >= 0.6 is 0 Å². The second-order valence-corrected chi connectivity index (χ2v) is 7.77. The summed E-state index contributed by atoms with van der Waals surface area (Å²) in [7, 11) is 0. The Bertz CT molecular complexity index is 772. The van der Waals surface area contributed by atoms with Crippen LogP contribution in [0, 0.1) is 17.2 Å². The van der Waals surface area contributed by atoms with Gasteiger partial charge < -0.3 is 25.0 Å². The van der Waals surface area contributed by atoms with E-state index in [2.05, 4.69) is 10.6 Å².